The van der Waals surface area contributed by atoms with Gasteiger partial charge >= 0.3 is 10.1 Å². The van der Waals surface area contributed by atoms with Gasteiger partial charge in [0.05, 0.1) is 19.3 Å². The van der Waals surface area contributed by atoms with Gasteiger partial charge in [0.15, 0.2) is 23.1 Å². The first-order valence-electron chi connectivity index (χ1n) is 11.3. The minimum atomic E-state index is -3.90. The van der Waals surface area contributed by atoms with Gasteiger partial charge in [-0.15, -0.1) is 0 Å². The first-order chi connectivity index (χ1) is 18.0. The number of carbonyl (C=O) groups excluding carboxylic acids is 1. The molecule has 38 heavy (non-hydrogen) atoms. The molecule has 1 heterocycles. The van der Waals surface area contributed by atoms with Crippen molar-refractivity contribution in [2.24, 2.45) is 10.7 Å². The Morgan fingerprint density at radius 3 is 2.34 bits per heavy atom. The Morgan fingerprint density at radius 2 is 1.74 bits per heavy atom. The number of likely N-dealkylation sites (N-methyl/N-ethyl adjacent to an activating group) is 1. The molecule has 1 atom stereocenters. The third-order valence-corrected chi connectivity index (χ3v) is 7.23. The summed E-state index contributed by atoms with van der Waals surface area (Å²) in [6.07, 6.45) is 0. The normalized spacial score (nSPS) is 17.4. The van der Waals surface area contributed by atoms with Crippen LogP contribution in [0.5, 0.6) is 11.5 Å². The monoisotopic (exact) mass is 545 g/mol. The van der Waals surface area contributed by atoms with E-state index >= 15 is 4.39 Å². The number of amides is 1. The summed E-state index contributed by atoms with van der Waals surface area (Å²) in [5.41, 5.74) is 4.75. The number of rotatable bonds is 9. The van der Waals surface area contributed by atoms with Gasteiger partial charge in [0.1, 0.15) is 17.3 Å². The van der Waals surface area contributed by atoms with Gasteiger partial charge in [-0.2, -0.15) is 8.42 Å². The summed E-state index contributed by atoms with van der Waals surface area (Å²) >= 11 is 0. The van der Waals surface area contributed by atoms with Crippen molar-refractivity contribution in [3.63, 3.8) is 0 Å². The van der Waals surface area contributed by atoms with Crippen molar-refractivity contribution in [3.8, 4) is 22.6 Å². The molecule has 3 aromatic carbocycles. The highest BCUT2D eigenvalue weighted by molar-refractivity contribution is 7.87. The number of methoxy groups -OCH3 is 2. The van der Waals surface area contributed by atoms with Crippen LogP contribution in [0.2, 0.25) is 0 Å². The number of guanidine groups is 1. The molecule has 0 aromatic heterocycles. The molecular formula is C26H25F2N3O6S. The molecule has 9 nitrogen and oxygen atoms in total. The van der Waals surface area contributed by atoms with E-state index in [9.17, 15) is 17.6 Å². The van der Waals surface area contributed by atoms with E-state index in [2.05, 4.69) is 4.99 Å². The highest BCUT2D eigenvalue weighted by Crippen LogP contribution is 2.42. The van der Waals surface area contributed by atoms with E-state index < -0.39 is 33.2 Å². The van der Waals surface area contributed by atoms with Gasteiger partial charge in [0.2, 0.25) is 0 Å². The van der Waals surface area contributed by atoms with Crippen molar-refractivity contribution < 1.29 is 35.6 Å². The van der Waals surface area contributed by atoms with Crippen LogP contribution >= 0.6 is 0 Å². The van der Waals surface area contributed by atoms with Crippen molar-refractivity contribution in [2.75, 3.05) is 33.6 Å². The molecular weight excluding hydrogens is 520 g/mol. The third kappa shape index (κ3) is 4.79. The lowest BCUT2D eigenvalue weighted by Crippen LogP contribution is -2.41. The summed E-state index contributed by atoms with van der Waals surface area (Å²) in [6, 6.07) is 14.1. The van der Waals surface area contributed by atoms with Gasteiger partial charge in [0, 0.05) is 14.2 Å². The zero-order valence-electron chi connectivity index (χ0n) is 20.8. The first kappa shape index (κ1) is 27.0. The van der Waals surface area contributed by atoms with Crippen molar-refractivity contribution in [1.29, 1.82) is 0 Å². The number of benzene rings is 3. The predicted octanol–water partition coefficient (Wildman–Crippen LogP) is 3.03. The van der Waals surface area contributed by atoms with Crippen LogP contribution in [0.3, 0.4) is 0 Å². The molecule has 4 rings (SSSR count). The Morgan fingerprint density at radius 1 is 1.03 bits per heavy atom. The number of aliphatic imine (C=N–C) groups is 1. The summed E-state index contributed by atoms with van der Waals surface area (Å²) in [6.45, 7) is -0.0385. The number of ether oxygens (including phenoxy) is 2. The summed E-state index contributed by atoms with van der Waals surface area (Å²) < 4.78 is 68.9. The maximum atomic E-state index is 15.0. The Bertz CT molecular complexity index is 1510. The average molecular weight is 546 g/mol. The lowest BCUT2D eigenvalue weighted by Gasteiger charge is -2.27. The van der Waals surface area contributed by atoms with Crippen LogP contribution in [0.1, 0.15) is 11.1 Å². The summed E-state index contributed by atoms with van der Waals surface area (Å²) in [7, 11) is 0.192. The molecule has 12 heteroatoms. The Balaban J connectivity index is 1.82. The fourth-order valence-corrected chi connectivity index (χ4v) is 5.02. The number of halogens is 2. The lowest BCUT2D eigenvalue weighted by molar-refractivity contribution is -0.129. The largest absolute Gasteiger partial charge is 0.494 e. The molecule has 0 saturated heterocycles. The number of nitrogens with zero attached hydrogens (tertiary/aromatic N) is 2. The second-order valence-corrected chi connectivity index (χ2v) is 10.1. The van der Waals surface area contributed by atoms with Gasteiger partial charge < -0.3 is 19.4 Å². The molecule has 0 radical (unpaired) electrons. The van der Waals surface area contributed by atoms with Crippen LogP contribution in [0.25, 0.3) is 11.1 Å². The minimum absolute atomic E-state index is 0.0185. The summed E-state index contributed by atoms with van der Waals surface area (Å²) in [5, 5.41) is 0. The molecule has 1 aliphatic rings. The van der Waals surface area contributed by atoms with Gasteiger partial charge in [-0.3, -0.25) is 9.69 Å². The van der Waals surface area contributed by atoms with Crippen LogP contribution < -0.4 is 14.7 Å². The molecule has 1 amide bonds. The Labute approximate surface area is 218 Å². The Hall–Kier alpha value is -4.03. The van der Waals surface area contributed by atoms with E-state index in [1.165, 1.54) is 68.6 Å². The smallest absolute Gasteiger partial charge is 0.311 e. The average Bonchev–Trinajstić information content (AvgIpc) is 3.13. The summed E-state index contributed by atoms with van der Waals surface area (Å²) in [4.78, 5) is 19.2. The molecule has 1 aliphatic heterocycles. The molecule has 2 N–H and O–H groups in total. The lowest BCUT2D eigenvalue weighted by atomic mass is 9.81. The Kier molecular flexibility index (Phi) is 7.38. The number of carbonyl (C=O) groups is 1. The van der Waals surface area contributed by atoms with Crippen LogP contribution in [-0.4, -0.2) is 58.8 Å². The van der Waals surface area contributed by atoms with Crippen molar-refractivity contribution >= 4 is 22.0 Å². The van der Waals surface area contributed by atoms with Crippen molar-refractivity contribution in [2.45, 2.75) is 5.54 Å². The van der Waals surface area contributed by atoms with E-state index in [1.807, 2.05) is 0 Å². The molecule has 1 unspecified atom stereocenters. The van der Waals surface area contributed by atoms with Gasteiger partial charge in [-0.1, -0.05) is 30.3 Å². The van der Waals surface area contributed by atoms with E-state index in [0.29, 0.717) is 5.56 Å². The van der Waals surface area contributed by atoms with Gasteiger partial charge in [-0.05, 0) is 47.0 Å². The van der Waals surface area contributed by atoms with Crippen LogP contribution in [0, 0.1) is 11.6 Å². The molecule has 0 fully saturated rings. The van der Waals surface area contributed by atoms with E-state index in [-0.39, 0.29) is 46.5 Å². The van der Waals surface area contributed by atoms with E-state index in [4.69, 9.17) is 19.4 Å². The third-order valence-electron chi connectivity index (χ3n) is 6.12. The minimum Gasteiger partial charge on any atom is -0.494 e. The predicted molar refractivity (Wildman–Crippen MR) is 136 cm³/mol. The van der Waals surface area contributed by atoms with Crippen molar-refractivity contribution in [1.82, 2.24) is 4.90 Å². The summed E-state index contributed by atoms with van der Waals surface area (Å²) in [5.74, 6) is -2.76. The fourth-order valence-electron chi connectivity index (χ4n) is 4.16. The highest BCUT2D eigenvalue weighted by atomic mass is 32.2. The molecule has 3 aromatic rings. The topological polar surface area (TPSA) is 121 Å². The van der Waals surface area contributed by atoms with Crippen LogP contribution in [-0.2, 0) is 25.2 Å². The first-order valence-corrected chi connectivity index (χ1v) is 12.9. The molecule has 0 bridgehead atoms. The highest BCUT2D eigenvalue weighted by Gasteiger charge is 2.49. The van der Waals surface area contributed by atoms with Gasteiger partial charge in [-0.25, -0.2) is 13.8 Å². The van der Waals surface area contributed by atoms with Gasteiger partial charge in [0.25, 0.3) is 5.91 Å². The fraction of sp³-hybridized carbons (Fsp3) is 0.231. The quantitative estimate of drug-likeness (QED) is 0.411. The van der Waals surface area contributed by atoms with Crippen LogP contribution in [0.4, 0.5) is 8.78 Å². The molecule has 200 valence electrons. The molecule has 0 aliphatic carbocycles. The number of nitrogens with two attached hydrogens (primary N) is 1. The maximum absolute atomic E-state index is 15.0. The van der Waals surface area contributed by atoms with E-state index in [0.717, 1.165) is 6.07 Å². The zero-order chi connectivity index (χ0) is 27.7. The number of hydrogen-bond acceptors (Lipinski definition) is 8. The van der Waals surface area contributed by atoms with E-state index in [1.54, 1.807) is 12.1 Å². The van der Waals surface area contributed by atoms with Crippen LogP contribution in [0.15, 0.2) is 65.7 Å². The van der Waals surface area contributed by atoms with Crippen molar-refractivity contribution in [3.05, 3.63) is 83.4 Å². The zero-order valence-corrected chi connectivity index (χ0v) is 21.6. The SMILES string of the molecule is COCCS(=O)(=O)Oc1ccc(C2(c3cccc(-c4c(F)ccc(OC)c4F)c3)N=C(N)N(C)C2=O)cc1. The maximum Gasteiger partial charge on any atom is 0.311 e. The molecule has 0 saturated carbocycles. The number of hydrogen-bond donors (Lipinski definition) is 1. The standard InChI is InChI=1S/C26H25F2N3O6S/c1-31-24(32)26(30-25(31)29,17-7-9-19(10-8-17)37-38(33,34)14-13-35-2)18-6-4-5-16(15-18)22-20(27)11-12-21(36-3)23(22)28/h4-12,15H,13-14H2,1-3H3,(H2,29,30). The second kappa shape index (κ2) is 10.4. The second-order valence-electron chi connectivity index (χ2n) is 8.43. The molecule has 0 spiro atoms.